The van der Waals surface area contributed by atoms with Gasteiger partial charge in [0.05, 0.1) is 17.7 Å². The molecule has 1 fully saturated rings. The van der Waals surface area contributed by atoms with Crippen LogP contribution in [0.15, 0.2) is 83.8 Å². The van der Waals surface area contributed by atoms with E-state index in [1.165, 1.54) is 29.2 Å². The maximum Gasteiger partial charge on any atom is 0.264 e. The summed E-state index contributed by atoms with van der Waals surface area (Å²) in [7, 11) is -2.64. The normalized spacial score (nSPS) is 14.6. The van der Waals surface area contributed by atoms with Crippen LogP contribution in [0.3, 0.4) is 0 Å². The first-order valence-electron chi connectivity index (χ1n) is 13.7. The number of nitrogens with zero attached hydrogens (tertiary/aromatic N) is 2. The van der Waals surface area contributed by atoms with Crippen molar-refractivity contribution in [1.82, 2.24) is 10.2 Å². The molecule has 3 aromatic rings. The summed E-state index contributed by atoms with van der Waals surface area (Å²) in [5, 5.41) is 3.08. The summed E-state index contributed by atoms with van der Waals surface area (Å²) in [4.78, 5) is 28.7. The fourth-order valence-electron chi connectivity index (χ4n) is 4.93. The average Bonchev–Trinajstić information content (AvgIpc) is 3.00. The molecule has 0 bridgehead atoms. The molecule has 1 saturated carbocycles. The van der Waals surface area contributed by atoms with Crippen LogP contribution in [-0.2, 0) is 26.2 Å². The van der Waals surface area contributed by atoms with Gasteiger partial charge in [0.1, 0.15) is 24.2 Å². The fourth-order valence-corrected chi connectivity index (χ4v) is 6.37. The third kappa shape index (κ3) is 7.64. The largest absolute Gasteiger partial charge is 0.497 e. The Morgan fingerprint density at radius 1 is 0.951 bits per heavy atom. The Morgan fingerprint density at radius 3 is 2.20 bits per heavy atom. The third-order valence-electron chi connectivity index (χ3n) is 7.36. The van der Waals surface area contributed by atoms with Gasteiger partial charge < -0.3 is 15.0 Å². The van der Waals surface area contributed by atoms with Gasteiger partial charge in [0.2, 0.25) is 11.8 Å². The topological polar surface area (TPSA) is 96.0 Å². The van der Waals surface area contributed by atoms with Crippen LogP contribution < -0.4 is 14.4 Å². The molecule has 0 radical (unpaired) electrons. The predicted octanol–water partition coefficient (Wildman–Crippen LogP) is 4.90. The highest BCUT2D eigenvalue weighted by Crippen LogP contribution is 2.25. The van der Waals surface area contributed by atoms with Crippen LogP contribution in [0.4, 0.5) is 10.1 Å². The lowest BCUT2D eigenvalue weighted by Gasteiger charge is -2.33. The summed E-state index contributed by atoms with van der Waals surface area (Å²) in [6.45, 7) is 1.14. The van der Waals surface area contributed by atoms with Crippen LogP contribution in [-0.4, -0.2) is 50.9 Å². The first-order valence-corrected chi connectivity index (χ1v) is 15.2. The zero-order valence-corrected chi connectivity index (χ0v) is 24.1. The van der Waals surface area contributed by atoms with E-state index in [9.17, 15) is 22.4 Å². The van der Waals surface area contributed by atoms with E-state index in [0.717, 1.165) is 54.1 Å². The van der Waals surface area contributed by atoms with Gasteiger partial charge in [0, 0.05) is 12.6 Å². The molecule has 1 aliphatic rings. The van der Waals surface area contributed by atoms with E-state index in [-0.39, 0.29) is 29.1 Å². The number of carbonyl (C=O) groups is 2. The second-order valence-corrected chi connectivity index (χ2v) is 12.1. The molecule has 1 aliphatic carbocycles. The van der Waals surface area contributed by atoms with Crippen LogP contribution in [0.2, 0.25) is 0 Å². The Bertz CT molecular complexity index is 1410. The van der Waals surface area contributed by atoms with Gasteiger partial charge in [-0.15, -0.1) is 0 Å². The molecule has 1 N–H and O–H groups in total. The number of amides is 2. The summed E-state index contributed by atoms with van der Waals surface area (Å²) in [6, 6.07) is 18.9. The van der Waals surface area contributed by atoms with E-state index >= 15 is 0 Å². The van der Waals surface area contributed by atoms with Gasteiger partial charge in [-0.3, -0.25) is 13.9 Å². The smallest absolute Gasteiger partial charge is 0.264 e. The number of halogens is 1. The maximum absolute atomic E-state index is 14.0. The second kappa shape index (κ2) is 13.6. The number of anilines is 1. The highest BCUT2D eigenvalue weighted by molar-refractivity contribution is 7.92. The summed E-state index contributed by atoms with van der Waals surface area (Å²) in [6.07, 6.45) is 4.99. The Labute approximate surface area is 241 Å². The molecular weight excluding hydrogens is 545 g/mol. The number of ether oxygens (including phenoxy) is 1. The van der Waals surface area contributed by atoms with Crippen molar-refractivity contribution in [2.45, 2.75) is 62.6 Å². The summed E-state index contributed by atoms with van der Waals surface area (Å²) in [5.74, 6) is -0.758. The number of sulfonamides is 1. The predicted molar refractivity (Wildman–Crippen MR) is 155 cm³/mol. The zero-order valence-electron chi connectivity index (χ0n) is 23.3. The summed E-state index contributed by atoms with van der Waals surface area (Å²) >= 11 is 0. The van der Waals surface area contributed by atoms with Crippen molar-refractivity contribution in [3.63, 3.8) is 0 Å². The van der Waals surface area contributed by atoms with Crippen LogP contribution in [0.5, 0.6) is 5.75 Å². The molecule has 8 nitrogen and oxygen atoms in total. The van der Waals surface area contributed by atoms with Crippen molar-refractivity contribution in [2.24, 2.45) is 0 Å². The minimum absolute atomic E-state index is 0.0121. The van der Waals surface area contributed by atoms with Crippen molar-refractivity contribution in [3.8, 4) is 5.75 Å². The highest BCUT2D eigenvalue weighted by atomic mass is 32.2. The molecule has 0 spiro atoms. The molecule has 218 valence electrons. The third-order valence-corrected chi connectivity index (χ3v) is 9.14. The van der Waals surface area contributed by atoms with Crippen molar-refractivity contribution in [1.29, 1.82) is 0 Å². The first-order chi connectivity index (χ1) is 19.7. The molecule has 3 aromatic carbocycles. The molecule has 1 atom stereocenters. The van der Waals surface area contributed by atoms with Crippen molar-refractivity contribution in [2.75, 3.05) is 18.0 Å². The molecular formula is C31H36FN3O5S. The number of benzene rings is 3. The number of carbonyl (C=O) groups excluding carboxylic acids is 2. The number of hydrogen-bond acceptors (Lipinski definition) is 5. The molecule has 4 rings (SSSR count). The molecule has 2 amide bonds. The molecule has 0 aliphatic heterocycles. The van der Waals surface area contributed by atoms with Crippen LogP contribution in [0, 0.1) is 5.82 Å². The number of hydrogen-bond donors (Lipinski definition) is 1. The van der Waals surface area contributed by atoms with E-state index in [1.54, 1.807) is 56.5 Å². The van der Waals surface area contributed by atoms with Gasteiger partial charge in [-0.1, -0.05) is 49.6 Å². The Kier molecular flexibility index (Phi) is 9.99. The number of methoxy groups -OCH3 is 1. The fraction of sp³-hybridized carbons (Fsp3) is 0.355. The Morgan fingerprint density at radius 2 is 1.59 bits per heavy atom. The molecule has 10 heteroatoms. The minimum atomic E-state index is -4.20. The molecule has 0 aromatic heterocycles. The SMILES string of the molecule is COc1ccc(CN(C(=O)CN(c2ccc(F)cc2)S(=O)(=O)c2ccccc2)[C@H](C)C(=O)NC2CCCCC2)cc1. The van der Waals surface area contributed by atoms with Crippen LogP contribution in [0.25, 0.3) is 0 Å². The molecule has 0 heterocycles. The monoisotopic (exact) mass is 581 g/mol. The lowest BCUT2D eigenvalue weighted by Crippen LogP contribution is -2.53. The van der Waals surface area contributed by atoms with E-state index in [2.05, 4.69) is 5.32 Å². The highest BCUT2D eigenvalue weighted by Gasteiger charge is 2.33. The lowest BCUT2D eigenvalue weighted by atomic mass is 9.95. The number of rotatable bonds is 11. The van der Waals surface area contributed by atoms with E-state index in [1.807, 2.05) is 0 Å². The van der Waals surface area contributed by atoms with Gasteiger partial charge in [0.15, 0.2) is 0 Å². The lowest BCUT2D eigenvalue weighted by molar-refractivity contribution is -0.139. The second-order valence-electron chi connectivity index (χ2n) is 10.2. The zero-order chi connectivity index (χ0) is 29.4. The number of nitrogens with one attached hydrogen (secondary N) is 1. The van der Waals surface area contributed by atoms with Crippen LogP contribution >= 0.6 is 0 Å². The van der Waals surface area contributed by atoms with Gasteiger partial charge in [-0.05, 0) is 73.9 Å². The van der Waals surface area contributed by atoms with Crippen molar-refractivity contribution in [3.05, 3.63) is 90.2 Å². The van der Waals surface area contributed by atoms with Gasteiger partial charge in [-0.25, -0.2) is 12.8 Å². The average molecular weight is 582 g/mol. The molecule has 0 saturated heterocycles. The van der Waals surface area contributed by atoms with Gasteiger partial charge >= 0.3 is 0 Å². The summed E-state index contributed by atoms with van der Waals surface area (Å²) < 4.78 is 47.4. The molecule has 0 unspecified atom stereocenters. The van der Waals surface area contributed by atoms with E-state index in [4.69, 9.17) is 4.74 Å². The minimum Gasteiger partial charge on any atom is -0.497 e. The van der Waals surface area contributed by atoms with E-state index in [0.29, 0.717) is 5.75 Å². The van der Waals surface area contributed by atoms with Crippen LogP contribution in [0.1, 0.15) is 44.6 Å². The first kappa shape index (κ1) is 30.0. The molecule has 41 heavy (non-hydrogen) atoms. The standard InChI is InChI=1S/C31H36FN3O5S/c1-23(31(37)33-26-9-5-3-6-10-26)34(21-24-13-19-28(40-2)20-14-24)30(36)22-35(27-17-15-25(32)16-18-27)41(38,39)29-11-7-4-8-12-29/h4,7-8,11-20,23,26H,3,5-6,9-10,21-22H2,1-2H3,(H,33,37)/t23-/m1/s1. The summed E-state index contributed by atoms with van der Waals surface area (Å²) in [5.41, 5.74) is 0.878. The maximum atomic E-state index is 14.0. The Balaban J connectivity index is 1.65. The van der Waals surface area contributed by atoms with Gasteiger partial charge in [-0.2, -0.15) is 0 Å². The van der Waals surface area contributed by atoms with E-state index < -0.39 is 34.3 Å². The van der Waals surface area contributed by atoms with Crippen molar-refractivity contribution >= 4 is 27.5 Å². The van der Waals surface area contributed by atoms with Gasteiger partial charge in [0.25, 0.3) is 10.0 Å². The van der Waals surface area contributed by atoms with Crippen molar-refractivity contribution < 1.29 is 27.1 Å². The quantitative estimate of drug-likeness (QED) is 0.348. The Hall–Kier alpha value is -3.92.